The second-order valence-corrected chi connectivity index (χ2v) is 3.58. The monoisotopic (exact) mass is 189 g/mol. The first-order valence-corrected chi connectivity index (χ1v) is 5.21. The van der Waals surface area contributed by atoms with E-state index in [2.05, 4.69) is 12.2 Å². The zero-order valence-electron chi connectivity index (χ0n) is 8.84. The van der Waals surface area contributed by atoms with Crippen molar-refractivity contribution in [2.24, 2.45) is 0 Å². The van der Waals surface area contributed by atoms with Gasteiger partial charge in [-0.3, -0.25) is 0 Å². The molecule has 0 fully saturated rings. The SMILES string of the molecule is CCCCCNC(CC)(CO)CO. The lowest BCUT2D eigenvalue weighted by Crippen LogP contribution is -2.51. The molecule has 13 heavy (non-hydrogen) atoms. The van der Waals surface area contributed by atoms with Crippen molar-refractivity contribution < 1.29 is 10.2 Å². The van der Waals surface area contributed by atoms with E-state index in [-0.39, 0.29) is 13.2 Å². The molecule has 0 saturated carbocycles. The molecule has 0 aliphatic rings. The van der Waals surface area contributed by atoms with E-state index in [1.54, 1.807) is 0 Å². The van der Waals surface area contributed by atoms with Crippen molar-refractivity contribution in [1.29, 1.82) is 0 Å². The summed E-state index contributed by atoms with van der Waals surface area (Å²) in [5, 5.41) is 21.4. The average Bonchev–Trinajstić information content (AvgIpc) is 2.20. The van der Waals surface area contributed by atoms with Gasteiger partial charge in [0, 0.05) is 0 Å². The number of aliphatic hydroxyl groups excluding tert-OH is 2. The zero-order chi connectivity index (χ0) is 10.2. The molecule has 0 rings (SSSR count). The molecule has 0 spiro atoms. The van der Waals surface area contributed by atoms with Crippen LogP contribution in [0.25, 0.3) is 0 Å². The molecule has 0 atom stereocenters. The topological polar surface area (TPSA) is 52.5 Å². The molecule has 0 aliphatic heterocycles. The van der Waals surface area contributed by atoms with Gasteiger partial charge in [0.2, 0.25) is 0 Å². The van der Waals surface area contributed by atoms with E-state index >= 15 is 0 Å². The summed E-state index contributed by atoms with van der Waals surface area (Å²) in [5.74, 6) is 0. The van der Waals surface area contributed by atoms with Gasteiger partial charge in [0.15, 0.2) is 0 Å². The van der Waals surface area contributed by atoms with Crippen LogP contribution in [0.4, 0.5) is 0 Å². The van der Waals surface area contributed by atoms with Gasteiger partial charge in [-0.25, -0.2) is 0 Å². The molecular weight excluding hydrogens is 166 g/mol. The predicted octanol–water partition coefficient (Wildman–Crippen LogP) is 0.900. The highest BCUT2D eigenvalue weighted by Crippen LogP contribution is 2.08. The summed E-state index contributed by atoms with van der Waals surface area (Å²) in [5.41, 5.74) is -0.465. The molecule has 3 N–H and O–H groups in total. The Kier molecular flexibility index (Phi) is 7.23. The Balaban J connectivity index is 3.68. The van der Waals surface area contributed by atoms with Crippen LogP contribution < -0.4 is 5.32 Å². The van der Waals surface area contributed by atoms with Crippen LogP contribution in [-0.2, 0) is 0 Å². The summed E-state index contributed by atoms with van der Waals surface area (Å²) in [6.07, 6.45) is 4.26. The highest BCUT2D eigenvalue weighted by atomic mass is 16.3. The van der Waals surface area contributed by atoms with Crippen LogP contribution in [0.2, 0.25) is 0 Å². The Morgan fingerprint density at radius 1 is 1.08 bits per heavy atom. The smallest absolute Gasteiger partial charge is 0.0645 e. The third-order valence-electron chi connectivity index (χ3n) is 2.56. The molecule has 0 amide bonds. The Labute approximate surface area is 81.2 Å². The van der Waals surface area contributed by atoms with Crippen LogP contribution in [-0.4, -0.2) is 35.5 Å². The van der Waals surface area contributed by atoms with Gasteiger partial charge in [-0.1, -0.05) is 26.7 Å². The van der Waals surface area contributed by atoms with Gasteiger partial charge in [-0.05, 0) is 19.4 Å². The van der Waals surface area contributed by atoms with Crippen LogP contribution in [0.5, 0.6) is 0 Å². The molecule has 0 radical (unpaired) electrons. The second kappa shape index (κ2) is 7.30. The van der Waals surface area contributed by atoms with Crippen LogP contribution >= 0.6 is 0 Å². The molecule has 0 aromatic heterocycles. The standard InChI is InChI=1S/C10H23NO2/c1-3-5-6-7-11-10(4-2,8-12)9-13/h11-13H,3-9H2,1-2H3. The van der Waals surface area contributed by atoms with Gasteiger partial charge < -0.3 is 15.5 Å². The van der Waals surface area contributed by atoms with Crippen LogP contribution in [0.1, 0.15) is 39.5 Å². The van der Waals surface area contributed by atoms with Crippen LogP contribution in [0.3, 0.4) is 0 Å². The van der Waals surface area contributed by atoms with E-state index in [1.807, 2.05) is 6.92 Å². The van der Waals surface area contributed by atoms with Gasteiger partial charge in [-0.15, -0.1) is 0 Å². The fourth-order valence-corrected chi connectivity index (χ4v) is 1.24. The fraction of sp³-hybridized carbons (Fsp3) is 1.00. The first-order chi connectivity index (χ1) is 6.24. The highest BCUT2D eigenvalue weighted by Gasteiger charge is 2.24. The Hall–Kier alpha value is -0.120. The van der Waals surface area contributed by atoms with Crippen molar-refractivity contribution in [3.8, 4) is 0 Å². The molecule has 0 aromatic rings. The number of hydrogen-bond donors (Lipinski definition) is 3. The summed E-state index contributed by atoms with van der Waals surface area (Å²) in [6.45, 7) is 5.02. The van der Waals surface area contributed by atoms with Crippen molar-refractivity contribution in [3.05, 3.63) is 0 Å². The van der Waals surface area contributed by atoms with Gasteiger partial charge in [0.25, 0.3) is 0 Å². The molecule has 0 aromatic carbocycles. The lowest BCUT2D eigenvalue weighted by atomic mass is 9.98. The summed E-state index contributed by atoms with van der Waals surface area (Å²) in [7, 11) is 0. The van der Waals surface area contributed by atoms with Crippen molar-refractivity contribution in [2.45, 2.75) is 45.1 Å². The Morgan fingerprint density at radius 2 is 1.69 bits per heavy atom. The maximum atomic E-state index is 9.11. The van der Waals surface area contributed by atoms with Crippen molar-refractivity contribution in [2.75, 3.05) is 19.8 Å². The molecule has 0 heterocycles. The maximum absolute atomic E-state index is 9.11. The van der Waals surface area contributed by atoms with E-state index in [4.69, 9.17) is 10.2 Å². The third-order valence-corrected chi connectivity index (χ3v) is 2.56. The molecule has 0 aliphatic carbocycles. The summed E-state index contributed by atoms with van der Waals surface area (Å²) >= 11 is 0. The minimum absolute atomic E-state index is 0.00608. The van der Waals surface area contributed by atoms with E-state index in [0.29, 0.717) is 0 Å². The molecule has 3 heteroatoms. The molecule has 0 saturated heterocycles. The second-order valence-electron chi connectivity index (χ2n) is 3.58. The molecule has 0 bridgehead atoms. The number of nitrogens with one attached hydrogen (secondary N) is 1. The predicted molar refractivity (Wildman–Crippen MR) is 54.7 cm³/mol. The van der Waals surface area contributed by atoms with E-state index in [0.717, 1.165) is 19.4 Å². The fourth-order valence-electron chi connectivity index (χ4n) is 1.24. The minimum Gasteiger partial charge on any atom is -0.394 e. The van der Waals surface area contributed by atoms with Gasteiger partial charge in [0.05, 0.1) is 18.8 Å². The first-order valence-electron chi connectivity index (χ1n) is 5.21. The maximum Gasteiger partial charge on any atom is 0.0645 e. The number of rotatable bonds is 8. The number of unbranched alkanes of at least 4 members (excludes halogenated alkanes) is 2. The zero-order valence-corrected chi connectivity index (χ0v) is 8.84. The third kappa shape index (κ3) is 4.60. The molecular formula is C10H23NO2. The van der Waals surface area contributed by atoms with Gasteiger partial charge in [0.1, 0.15) is 0 Å². The lowest BCUT2D eigenvalue weighted by molar-refractivity contribution is 0.0876. The molecule has 0 unspecified atom stereocenters. The highest BCUT2D eigenvalue weighted by molar-refractivity contribution is 4.84. The largest absolute Gasteiger partial charge is 0.394 e. The normalized spacial score (nSPS) is 12.0. The van der Waals surface area contributed by atoms with Crippen molar-refractivity contribution in [1.82, 2.24) is 5.32 Å². The Bertz CT molecular complexity index is 105. The van der Waals surface area contributed by atoms with E-state index in [9.17, 15) is 0 Å². The van der Waals surface area contributed by atoms with Gasteiger partial charge >= 0.3 is 0 Å². The van der Waals surface area contributed by atoms with E-state index in [1.165, 1.54) is 12.8 Å². The summed E-state index contributed by atoms with van der Waals surface area (Å²) < 4.78 is 0. The average molecular weight is 189 g/mol. The van der Waals surface area contributed by atoms with Gasteiger partial charge in [-0.2, -0.15) is 0 Å². The minimum atomic E-state index is -0.465. The molecule has 80 valence electrons. The Morgan fingerprint density at radius 3 is 2.08 bits per heavy atom. The number of hydrogen-bond acceptors (Lipinski definition) is 3. The van der Waals surface area contributed by atoms with E-state index < -0.39 is 5.54 Å². The number of aliphatic hydroxyl groups is 2. The molecule has 3 nitrogen and oxygen atoms in total. The van der Waals surface area contributed by atoms with Crippen LogP contribution in [0, 0.1) is 0 Å². The summed E-state index contributed by atoms with van der Waals surface area (Å²) in [6, 6.07) is 0. The van der Waals surface area contributed by atoms with Crippen LogP contribution in [0.15, 0.2) is 0 Å². The van der Waals surface area contributed by atoms with Crippen molar-refractivity contribution in [3.63, 3.8) is 0 Å². The van der Waals surface area contributed by atoms with Crippen molar-refractivity contribution >= 4 is 0 Å². The quantitative estimate of drug-likeness (QED) is 0.497. The lowest BCUT2D eigenvalue weighted by Gasteiger charge is -2.29. The first kappa shape index (κ1) is 12.9. The summed E-state index contributed by atoms with van der Waals surface area (Å²) in [4.78, 5) is 0.